The van der Waals surface area contributed by atoms with Crippen LogP contribution < -0.4 is 5.01 Å². The number of hydrogen-bond acceptors (Lipinski definition) is 6. The lowest BCUT2D eigenvalue weighted by atomic mass is 9.47. The van der Waals surface area contributed by atoms with E-state index in [1.165, 1.54) is 31.1 Å². The maximum atomic E-state index is 11.5. The average Bonchev–Trinajstić information content (AvgIpc) is 3.32. The summed E-state index contributed by atoms with van der Waals surface area (Å²) in [5, 5.41) is 18.3. The van der Waals surface area contributed by atoms with Gasteiger partial charge in [0.2, 0.25) is 0 Å². The van der Waals surface area contributed by atoms with Crippen molar-refractivity contribution in [3.05, 3.63) is 46.0 Å². The fraction of sp³-hybridized carbons (Fsp3) is 0.655. The number of anilines is 1. The van der Waals surface area contributed by atoms with Crippen LogP contribution in [-0.4, -0.2) is 28.8 Å². The third-order valence-electron chi connectivity index (χ3n) is 10.8. The molecule has 5 aliphatic rings. The fourth-order valence-electron chi connectivity index (χ4n) is 9.14. The molecule has 192 valence electrons. The van der Waals surface area contributed by atoms with E-state index in [-0.39, 0.29) is 39.6 Å². The molecule has 8 atom stereocenters. The van der Waals surface area contributed by atoms with Gasteiger partial charge in [0.15, 0.2) is 0 Å². The Morgan fingerprint density at radius 1 is 1.14 bits per heavy atom. The average molecular weight is 492 g/mol. The Kier molecular flexibility index (Phi) is 5.36. The molecule has 36 heavy (non-hydrogen) atoms. The van der Waals surface area contributed by atoms with E-state index in [2.05, 4.69) is 31.9 Å². The van der Waals surface area contributed by atoms with Crippen molar-refractivity contribution in [2.24, 2.45) is 39.6 Å². The summed E-state index contributed by atoms with van der Waals surface area (Å²) in [5.74, 6) is 2.27. The molecule has 0 radical (unpaired) electrons. The number of benzene rings is 1. The highest BCUT2D eigenvalue weighted by Crippen LogP contribution is 2.67. The number of allylic oxidation sites excluding steroid dienone is 1. The number of carbonyl (C=O) groups excluding carboxylic acids is 1. The summed E-state index contributed by atoms with van der Waals surface area (Å²) in [4.78, 5) is 22.3. The molecule has 1 aromatic carbocycles. The monoisotopic (exact) mass is 491 g/mol. The van der Waals surface area contributed by atoms with Crippen LogP contribution in [0, 0.1) is 44.6 Å². The molecule has 4 aliphatic carbocycles. The highest BCUT2D eigenvalue weighted by Gasteiger charge is 2.63. The summed E-state index contributed by atoms with van der Waals surface area (Å²) in [6.07, 6.45) is 10.2. The second-order valence-electron chi connectivity index (χ2n) is 12.4. The van der Waals surface area contributed by atoms with Crippen molar-refractivity contribution in [3.8, 4) is 0 Å². The van der Waals surface area contributed by atoms with Gasteiger partial charge in [0.1, 0.15) is 6.10 Å². The molecule has 1 aromatic rings. The fourth-order valence-corrected chi connectivity index (χ4v) is 9.14. The highest BCUT2D eigenvalue weighted by molar-refractivity contribution is 5.94. The smallest absolute Gasteiger partial charge is 0.302 e. The molecule has 0 N–H and O–H groups in total. The van der Waals surface area contributed by atoms with Crippen LogP contribution >= 0.6 is 0 Å². The maximum Gasteiger partial charge on any atom is 0.302 e. The Morgan fingerprint density at radius 2 is 1.89 bits per heavy atom. The first-order chi connectivity index (χ1) is 17.1. The minimum Gasteiger partial charge on any atom is -0.462 e. The zero-order valence-corrected chi connectivity index (χ0v) is 21.8. The molecule has 0 unspecified atom stereocenters. The van der Waals surface area contributed by atoms with Gasteiger partial charge in [0.25, 0.3) is 5.69 Å². The number of nitro benzene ring substituents is 1. The third kappa shape index (κ3) is 3.37. The van der Waals surface area contributed by atoms with Crippen molar-refractivity contribution in [2.45, 2.75) is 84.8 Å². The first-order valence-corrected chi connectivity index (χ1v) is 13.6. The number of hydrazone groups is 1. The molecule has 0 amide bonds. The van der Waals surface area contributed by atoms with Crippen molar-refractivity contribution in [1.82, 2.24) is 0 Å². The van der Waals surface area contributed by atoms with Crippen LogP contribution in [-0.2, 0) is 9.53 Å². The lowest BCUT2D eigenvalue weighted by Gasteiger charge is -2.58. The van der Waals surface area contributed by atoms with Gasteiger partial charge in [0.05, 0.1) is 16.7 Å². The minimum atomic E-state index is -0.352. The summed E-state index contributed by atoms with van der Waals surface area (Å²) in [5.41, 5.74) is 4.35. The van der Waals surface area contributed by atoms with E-state index < -0.39 is 0 Å². The van der Waals surface area contributed by atoms with Gasteiger partial charge in [-0.1, -0.05) is 25.5 Å². The van der Waals surface area contributed by atoms with Gasteiger partial charge < -0.3 is 4.74 Å². The summed E-state index contributed by atoms with van der Waals surface area (Å²) < 4.78 is 5.60. The Labute approximate surface area is 213 Å². The summed E-state index contributed by atoms with van der Waals surface area (Å²) in [7, 11) is 0. The van der Waals surface area contributed by atoms with Crippen LogP contribution in [0.4, 0.5) is 11.4 Å². The SMILES string of the molecule is CC(=O)O[C@H]1CC[C@@]2(C)C(=CC[C@H]3[C@@H]4CC5=NN(c6ccc([N+](=O)[O-])cc6)[C@@H](C)[C@@H]5[C@@]4(C)CC[C@@H]32)C1. The summed E-state index contributed by atoms with van der Waals surface area (Å²) in [6.45, 7) is 8.79. The Hall–Kier alpha value is -2.70. The molecule has 1 aliphatic heterocycles. The number of carbonyl (C=O) groups is 1. The molecular weight excluding hydrogens is 454 g/mol. The largest absolute Gasteiger partial charge is 0.462 e. The number of ether oxygens (including phenoxy) is 1. The topological polar surface area (TPSA) is 85.0 Å². The van der Waals surface area contributed by atoms with Gasteiger partial charge in [-0.15, -0.1) is 0 Å². The van der Waals surface area contributed by atoms with E-state index in [4.69, 9.17) is 9.84 Å². The maximum absolute atomic E-state index is 11.5. The second kappa shape index (κ2) is 8.15. The number of rotatable bonds is 3. The molecule has 3 saturated carbocycles. The zero-order valence-electron chi connectivity index (χ0n) is 21.8. The van der Waals surface area contributed by atoms with Crippen LogP contribution in [0.1, 0.15) is 72.6 Å². The minimum absolute atomic E-state index is 0.0404. The van der Waals surface area contributed by atoms with Gasteiger partial charge >= 0.3 is 5.97 Å². The number of non-ortho nitro benzene ring substituents is 1. The molecule has 0 spiro atoms. The molecule has 7 nitrogen and oxygen atoms in total. The van der Waals surface area contributed by atoms with Crippen LogP contribution in [0.5, 0.6) is 0 Å². The standard InChI is InChI=1S/C29H37N3O4/c1-17-27-26(30-31(17)20-6-8-21(9-7-20)32(34)35)16-25-23-10-5-19-15-22(36-18(2)33)11-13-28(19,3)24(23)12-14-29(25,27)4/h5-9,17,22-25,27H,10-16H2,1-4H3/t17-,22-,23+,24-,25-,27-,28-,29-/m0/s1. The molecule has 3 fully saturated rings. The third-order valence-corrected chi connectivity index (χ3v) is 10.8. The van der Waals surface area contributed by atoms with Crippen LogP contribution in [0.15, 0.2) is 41.0 Å². The molecule has 0 saturated heterocycles. The Balaban J connectivity index is 1.25. The molecule has 0 bridgehead atoms. The van der Waals surface area contributed by atoms with Gasteiger partial charge in [-0.05, 0) is 86.2 Å². The van der Waals surface area contributed by atoms with E-state index in [1.54, 1.807) is 12.1 Å². The van der Waals surface area contributed by atoms with E-state index >= 15 is 0 Å². The van der Waals surface area contributed by atoms with E-state index in [0.29, 0.717) is 23.7 Å². The summed E-state index contributed by atoms with van der Waals surface area (Å²) in [6, 6.07) is 7.06. The van der Waals surface area contributed by atoms with Gasteiger partial charge in [-0.3, -0.25) is 19.9 Å². The van der Waals surface area contributed by atoms with Gasteiger partial charge in [-0.25, -0.2) is 0 Å². The number of hydrogen-bond donors (Lipinski definition) is 0. The van der Waals surface area contributed by atoms with Crippen molar-refractivity contribution < 1.29 is 14.5 Å². The van der Waals surface area contributed by atoms with Crippen molar-refractivity contribution >= 4 is 23.1 Å². The number of nitro groups is 1. The quantitative estimate of drug-likeness (QED) is 0.215. The second-order valence-corrected chi connectivity index (χ2v) is 12.4. The van der Waals surface area contributed by atoms with Crippen LogP contribution in [0.25, 0.3) is 0 Å². The number of fused-ring (bicyclic) bond motifs is 7. The van der Waals surface area contributed by atoms with Crippen LogP contribution in [0.3, 0.4) is 0 Å². The zero-order chi connectivity index (χ0) is 25.4. The number of esters is 1. The number of nitrogens with zero attached hydrogens (tertiary/aromatic N) is 3. The predicted octanol–water partition coefficient (Wildman–Crippen LogP) is 6.28. The van der Waals surface area contributed by atoms with Gasteiger partial charge in [0, 0.05) is 37.1 Å². The normalized spacial score (nSPS) is 40.8. The molecule has 1 heterocycles. The lowest BCUT2D eigenvalue weighted by Crippen LogP contribution is -2.52. The molecular formula is C29H37N3O4. The van der Waals surface area contributed by atoms with Crippen molar-refractivity contribution in [2.75, 3.05) is 5.01 Å². The highest BCUT2D eigenvalue weighted by atomic mass is 16.6. The Bertz CT molecular complexity index is 1160. The molecule has 0 aromatic heterocycles. The molecule has 7 heteroatoms. The van der Waals surface area contributed by atoms with E-state index in [1.807, 2.05) is 12.1 Å². The van der Waals surface area contributed by atoms with Crippen molar-refractivity contribution in [1.29, 1.82) is 0 Å². The molecule has 6 rings (SSSR count). The predicted molar refractivity (Wildman–Crippen MR) is 139 cm³/mol. The van der Waals surface area contributed by atoms with Crippen molar-refractivity contribution in [3.63, 3.8) is 0 Å². The first kappa shape index (κ1) is 23.7. The Morgan fingerprint density at radius 3 is 2.58 bits per heavy atom. The lowest BCUT2D eigenvalue weighted by molar-refractivity contribution is -0.384. The van der Waals surface area contributed by atoms with E-state index in [0.717, 1.165) is 37.8 Å². The van der Waals surface area contributed by atoms with E-state index in [9.17, 15) is 14.9 Å². The summed E-state index contributed by atoms with van der Waals surface area (Å²) >= 11 is 0. The van der Waals surface area contributed by atoms with Crippen LogP contribution in [0.2, 0.25) is 0 Å². The van der Waals surface area contributed by atoms with Gasteiger partial charge in [-0.2, -0.15) is 5.10 Å². The first-order valence-electron chi connectivity index (χ1n) is 13.6.